The zero-order chi connectivity index (χ0) is 22.4. The average Bonchev–Trinajstić information content (AvgIpc) is 3.13. The summed E-state index contributed by atoms with van der Waals surface area (Å²) in [7, 11) is 3.11. The summed E-state index contributed by atoms with van der Waals surface area (Å²) >= 11 is 7.20. The number of benzene rings is 2. The molecule has 1 atom stereocenters. The molecule has 0 amide bonds. The molecule has 2 aromatic rings. The normalized spacial score (nSPS) is 16.8. The quantitative estimate of drug-likeness (QED) is 0.642. The fraction of sp³-hybridized carbons (Fsp3) is 0.318. The molecule has 1 N–H and O–H groups in total. The maximum atomic E-state index is 13.5. The highest BCUT2D eigenvalue weighted by molar-refractivity contribution is 8.14. The Hall–Kier alpha value is -2.83. The molecule has 0 aliphatic carbocycles. The van der Waals surface area contributed by atoms with Crippen LogP contribution in [-0.4, -0.2) is 47.7 Å². The molecule has 0 bridgehead atoms. The number of anilines is 1. The highest BCUT2D eigenvalue weighted by Gasteiger charge is 2.30. The third-order valence-corrected chi connectivity index (χ3v) is 6.28. The van der Waals surface area contributed by atoms with Crippen molar-refractivity contribution in [3.8, 4) is 17.6 Å². The van der Waals surface area contributed by atoms with Gasteiger partial charge in [0.25, 0.3) is 0 Å². The van der Waals surface area contributed by atoms with Crippen LogP contribution < -0.4 is 14.8 Å². The van der Waals surface area contributed by atoms with E-state index in [2.05, 4.69) is 18.3 Å². The van der Waals surface area contributed by atoms with Crippen LogP contribution in [0.5, 0.6) is 11.5 Å². The van der Waals surface area contributed by atoms with Gasteiger partial charge in [-0.25, -0.2) is 4.39 Å². The van der Waals surface area contributed by atoms with E-state index in [0.717, 1.165) is 16.5 Å². The van der Waals surface area contributed by atoms with Crippen molar-refractivity contribution in [1.82, 2.24) is 4.90 Å². The van der Waals surface area contributed by atoms with E-state index in [9.17, 15) is 9.65 Å². The number of methoxy groups -OCH3 is 2. The summed E-state index contributed by atoms with van der Waals surface area (Å²) in [6, 6.07) is 12.0. The molecule has 9 heteroatoms. The summed E-state index contributed by atoms with van der Waals surface area (Å²) < 4.78 is 24.2. The fourth-order valence-electron chi connectivity index (χ4n) is 3.21. The molecular weight excluding hydrogens is 435 g/mol. The van der Waals surface area contributed by atoms with Gasteiger partial charge in [-0.15, -0.1) is 0 Å². The van der Waals surface area contributed by atoms with Gasteiger partial charge in [0, 0.05) is 30.1 Å². The lowest BCUT2D eigenvalue weighted by Gasteiger charge is -2.24. The van der Waals surface area contributed by atoms with Gasteiger partial charge in [-0.1, -0.05) is 17.8 Å². The largest absolute Gasteiger partial charge is 0.496 e. The molecule has 162 valence electrons. The Balaban J connectivity index is 1.73. The van der Waals surface area contributed by atoms with Gasteiger partial charge in [0.2, 0.25) is 0 Å². The maximum Gasteiger partial charge on any atom is 0.179 e. The molecule has 1 unspecified atom stereocenters. The molecule has 1 heterocycles. The number of aliphatic imine (C=N–C) groups is 1. The van der Waals surface area contributed by atoms with Crippen LogP contribution in [0, 0.1) is 17.1 Å². The molecular formula is C22H23FN4O2S2. The van der Waals surface area contributed by atoms with Gasteiger partial charge in [-0.2, -0.15) is 5.26 Å². The summed E-state index contributed by atoms with van der Waals surface area (Å²) in [5.74, 6) is 1.67. The number of amidine groups is 1. The van der Waals surface area contributed by atoms with E-state index in [1.165, 1.54) is 19.2 Å². The number of rotatable bonds is 6. The Morgan fingerprint density at radius 2 is 2.10 bits per heavy atom. The smallest absolute Gasteiger partial charge is 0.179 e. The molecule has 1 saturated heterocycles. The van der Waals surface area contributed by atoms with Crippen molar-refractivity contribution >= 4 is 39.9 Å². The predicted octanol–water partition coefficient (Wildman–Crippen LogP) is 4.45. The minimum atomic E-state index is -0.323. The number of hydrogen-bond donors (Lipinski definition) is 1. The van der Waals surface area contributed by atoms with Crippen molar-refractivity contribution in [2.75, 3.05) is 31.8 Å². The molecule has 6 nitrogen and oxygen atoms in total. The van der Waals surface area contributed by atoms with E-state index in [4.69, 9.17) is 26.7 Å². The molecule has 2 aromatic carbocycles. The highest BCUT2D eigenvalue weighted by atomic mass is 32.2. The first-order valence-corrected chi connectivity index (χ1v) is 11.0. The second-order valence-corrected chi connectivity index (χ2v) is 8.23. The number of ether oxygens (including phenoxy) is 2. The average molecular weight is 459 g/mol. The topological polar surface area (TPSA) is 69.9 Å². The van der Waals surface area contributed by atoms with E-state index >= 15 is 0 Å². The summed E-state index contributed by atoms with van der Waals surface area (Å²) in [5.41, 5.74) is 1.93. The number of nitrogens with one attached hydrogen (secondary N) is 1. The van der Waals surface area contributed by atoms with E-state index in [-0.39, 0.29) is 11.9 Å². The summed E-state index contributed by atoms with van der Waals surface area (Å²) in [6.45, 7) is 2.57. The van der Waals surface area contributed by atoms with E-state index in [1.54, 1.807) is 43.1 Å². The van der Waals surface area contributed by atoms with Gasteiger partial charge in [0.05, 0.1) is 19.8 Å². The van der Waals surface area contributed by atoms with Crippen LogP contribution in [0.15, 0.2) is 41.4 Å². The Morgan fingerprint density at radius 3 is 2.77 bits per heavy atom. The zero-order valence-electron chi connectivity index (χ0n) is 17.5. The third kappa shape index (κ3) is 5.46. The van der Waals surface area contributed by atoms with Crippen LogP contribution in [0.25, 0.3) is 0 Å². The summed E-state index contributed by atoms with van der Waals surface area (Å²) in [6.07, 6.45) is 0.595. The molecule has 0 spiro atoms. The minimum Gasteiger partial charge on any atom is -0.496 e. The lowest BCUT2D eigenvalue weighted by molar-refractivity contribution is 0.390. The van der Waals surface area contributed by atoms with Gasteiger partial charge in [0.15, 0.2) is 10.3 Å². The second-order valence-electron chi connectivity index (χ2n) is 6.86. The van der Waals surface area contributed by atoms with Crippen LogP contribution >= 0.6 is 24.0 Å². The van der Waals surface area contributed by atoms with Crippen molar-refractivity contribution in [3.05, 3.63) is 53.3 Å². The van der Waals surface area contributed by atoms with Crippen molar-refractivity contribution < 1.29 is 13.9 Å². The van der Waals surface area contributed by atoms with Gasteiger partial charge < -0.3 is 14.8 Å². The van der Waals surface area contributed by atoms with Crippen LogP contribution in [0.2, 0.25) is 0 Å². The van der Waals surface area contributed by atoms with Gasteiger partial charge >= 0.3 is 0 Å². The number of nitriles is 1. The molecule has 1 fully saturated rings. The third-order valence-electron chi connectivity index (χ3n) is 4.75. The lowest BCUT2D eigenvalue weighted by atomic mass is 10.1. The van der Waals surface area contributed by atoms with Crippen molar-refractivity contribution in [2.45, 2.75) is 19.4 Å². The Bertz CT molecular complexity index is 1040. The van der Waals surface area contributed by atoms with Crippen LogP contribution in [0.1, 0.15) is 18.1 Å². The van der Waals surface area contributed by atoms with E-state index in [1.807, 2.05) is 4.90 Å². The molecule has 3 rings (SSSR count). The van der Waals surface area contributed by atoms with Gasteiger partial charge in [-0.3, -0.25) is 9.89 Å². The molecule has 0 aromatic heterocycles. The first kappa shape index (κ1) is 22.8. The van der Waals surface area contributed by atoms with Crippen LogP contribution in [-0.2, 0) is 6.42 Å². The lowest BCUT2D eigenvalue weighted by Crippen LogP contribution is -2.40. The SMILES string of the molecule is COc1cc(OC)c(CC/N=C2\SCC(C)N2C(=S)Nc2cccc(F)c2)cc1C#N. The Kier molecular flexibility index (Phi) is 7.71. The number of nitrogens with zero attached hydrogens (tertiary/aromatic N) is 3. The summed E-state index contributed by atoms with van der Waals surface area (Å²) in [5, 5.41) is 13.7. The maximum absolute atomic E-state index is 13.5. The molecule has 1 aliphatic heterocycles. The predicted molar refractivity (Wildman–Crippen MR) is 127 cm³/mol. The van der Waals surface area contributed by atoms with Gasteiger partial charge in [-0.05, 0) is 55.4 Å². The highest BCUT2D eigenvalue weighted by Crippen LogP contribution is 2.30. The van der Waals surface area contributed by atoms with Crippen molar-refractivity contribution in [1.29, 1.82) is 5.26 Å². The zero-order valence-corrected chi connectivity index (χ0v) is 19.1. The molecule has 31 heavy (non-hydrogen) atoms. The number of thioether (sulfide) groups is 1. The van der Waals surface area contributed by atoms with Crippen LogP contribution in [0.4, 0.5) is 10.1 Å². The Labute approximate surface area is 191 Å². The van der Waals surface area contributed by atoms with Crippen molar-refractivity contribution in [2.24, 2.45) is 4.99 Å². The standard InChI is InChI=1S/C22H23FN4O2S2/c1-14-13-31-22(27(14)21(30)26-18-6-4-5-17(23)10-18)25-8-7-15-9-16(12-24)20(29-3)11-19(15)28-2/h4-6,9-11,14H,7-8,13H2,1-3H3,(H,26,30)/b25-22-. The molecule has 0 saturated carbocycles. The first-order valence-electron chi connectivity index (χ1n) is 9.64. The minimum absolute atomic E-state index is 0.165. The van der Waals surface area contributed by atoms with E-state index in [0.29, 0.717) is 40.8 Å². The first-order chi connectivity index (χ1) is 15.0. The number of thiocarbonyl (C=S) groups is 1. The summed E-state index contributed by atoms with van der Waals surface area (Å²) in [4.78, 5) is 6.69. The number of hydrogen-bond acceptors (Lipinski definition) is 6. The molecule has 1 aliphatic rings. The second kappa shape index (κ2) is 10.5. The number of halogens is 1. The van der Waals surface area contributed by atoms with Crippen molar-refractivity contribution in [3.63, 3.8) is 0 Å². The monoisotopic (exact) mass is 458 g/mol. The van der Waals surface area contributed by atoms with E-state index < -0.39 is 0 Å². The van der Waals surface area contributed by atoms with Crippen LogP contribution in [0.3, 0.4) is 0 Å². The Morgan fingerprint density at radius 1 is 1.32 bits per heavy atom. The molecule has 0 radical (unpaired) electrons. The van der Waals surface area contributed by atoms with Gasteiger partial charge in [0.1, 0.15) is 23.4 Å². The fourth-order valence-corrected chi connectivity index (χ4v) is 4.78.